The number of rotatable bonds is 12. The Morgan fingerprint density at radius 3 is 0.630 bits per heavy atom. The molecule has 4 aromatic rings. The lowest BCUT2D eigenvalue weighted by Crippen LogP contribution is -2.27. The Morgan fingerprint density at radius 2 is 0.481 bits per heavy atom. The van der Waals surface area contributed by atoms with Gasteiger partial charge in [-0.3, -0.25) is 0 Å². The van der Waals surface area contributed by atoms with Crippen LogP contribution in [0.25, 0.3) is 0 Å². The minimum absolute atomic E-state index is 0.217. The van der Waals surface area contributed by atoms with Gasteiger partial charge in [-0.05, 0) is 214 Å². The van der Waals surface area contributed by atoms with Crippen LogP contribution in [0.15, 0.2) is 48.5 Å². The maximum Gasteiger partial charge on any atom is 0.514 e. The number of aryl methyl sites for hydroxylation is 4. The molecule has 0 spiro atoms. The lowest BCUT2D eigenvalue weighted by Gasteiger charge is -2.32. The van der Waals surface area contributed by atoms with Crippen molar-refractivity contribution < 1.29 is 57.1 Å². The smallest absolute Gasteiger partial charge is 0.428 e. The van der Waals surface area contributed by atoms with Gasteiger partial charge in [0, 0.05) is 34.1 Å². The molecule has 4 aromatic carbocycles. The molecule has 448 valence electrons. The number of carbonyl (C=O) groups excluding carboxylic acids is 4. The molecule has 81 heavy (non-hydrogen) atoms. The summed E-state index contributed by atoms with van der Waals surface area (Å²) < 4.78 is 46.9. The Morgan fingerprint density at radius 1 is 0.309 bits per heavy atom. The summed E-state index contributed by atoms with van der Waals surface area (Å²) in [7, 11) is 0. The molecule has 4 rings (SSSR count). The van der Waals surface area contributed by atoms with E-state index in [1.165, 1.54) is 0 Å². The molecule has 0 aromatic heterocycles. The number of hydrogen-bond acceptors (Lipinski definition) is 12. The average molecular weight is 1120 g/mol. The Hall–Kier alpha value is -6.04. The zero-order valence-electron chi connectivity index (χ0n) is 54.8. The van der Waals surface area contributed by atoms with Crippen LogP contribution >= 0.6 is 0 Å². The highest BCUT2D eigenvalue weighted by atomic mass is 16.7. The SMILES string of the molecule is Cc1cc(OC(=O)OC(C)(C)C)c(C(C)(C)C)cc1C(CCCC(c1cc(C(C)(C)C)c(OC(=O)OC(C)(C)C)cc1C)c1cc(C(C)(C)C)c(OC(=O)OC(C)(C)C)cc1C)c1cc(C(C)(C)C)c(OC(=O)OC(C)(C)C)cc1C. The van der Waals surface area contributed by atoms with Gasteiger partial charge >= 0.3 is 24.6 Å². The summed E-state index contributed by atoms with van der Waals surface area (Å²) in [6.07, 6.45) is -1.08. The second-order valence-corrected chi connectivity index (χ2v) is 30.1. The van der Waals surface area contributed by atoms with E-state index in [2.05, 4.69) is 135 Å². The first kappa shape index (κ1) is 67.5. The van der Waals surface area contributed by atoms with Gasteiger partial charge in [0.1, 0.15) is 45.4 Å². The van der Waals surface area contributed by atoms with E-state index >= 15 is 0 Å². The van der Waals surface area contributed by atoms with Crippen molar-refractivity contribution in [1.29, 1.82) is 0 Å². The zero-order chi connectivity index (χ0) is 62.1. The zero-order valence-corrected chi connectivity index (χ0v) is 54.8. The largest absolute Gasteiger partial charge is 0.514 e. The fourth-order valence-corrected chi connectivity index (χ4v) is 9.90. The van der Waals surface area contributed by atoms with E-state index in [1.54, 1.807) is 0 Å². The first-order chi connectivity index (χ1) is 36.4. The molecule has 0 aliphatic rings. The molecule has 0 saturated heterocycles. The van der Waals surface area contributed by atoms with E-state index in [1.807, 2.05) is 107 Å². The number of benzene rings is 4. The molecular formula is C69H100O12. The lowest BCUT2D eigenvalue weighted by atomic mass is 9.74. The Kier molecular flexibility index (Phi) is 20.3. The number of ether oxygens (including phenoxy) is 8. The summed E-state index contributed by atoms with van der Waals surface area (Å²) in [5, 5.41) is 0. The number of carbonyl (C=O) groups is 4. The molecule has 0 fully saturated rings. The molecule has 0 heterocycles. The third-order valence-electron chi connectivity index (χ3n) is 13.5. The Balaban J connectivity index is 2.10. The second kappa shape index (κ2) is 24.4. The van der Waals surface area contributed by atoms with E-state index in [-0.39, 0.29) is 11.8 Å². The van der Waals surface area contributed by atoms with Crippen LogP contribution in [-0.4, -0.2) is 47.0 Å². The van der Waals surface area contributed by atoms with Crippen molar-refractivity contribution in [2.75, 3.05) is 0 Å². The molecule has 0 radical (unpaired) electrons. The summed E-state index contributed by atoms with van der Waals surface area (Å²) >= 11 is 0. The highest BCUT2D eigenvalue weighted by Gasteiger charge is 2.34. The normalized spacial score (nSPS) is 13.0. The predicted octanol–water partition coefficient (Wildman–Crippen LogP) is 19.5. The minimum Gasteiger partial charge on any atom is -0.428 e. The van der Waals surface area contributed by atoms with Crippen molar-refractivity contribution >= 4 is 24.6 Å². The van der Waals surface area contributed by atoms with Crippen LogP contribution in [0.4, 0.5) is 19.2 Å². The van der Waals surface area contributed by atoms with Gasteiger partial charge in [0.15, 0.2) is 0 Å². The van der Waals surface area contributed by atoms with Gasteiger partial charge in [-0.25, -0.2) is 19.2 Å². The molecule has 0 aliphatic heterocycles. The maximum atomic E-state index is 13.3. The average Bonchev–Trinajstić information content (AvgIpc) is 3.20. The molecule has 12 nitrogen and oxygen atoms in total. The number of hydrogen-bond donors (Lipinski definition) is 0. The molecule has 12 heteroatoms. The first-order valence-electron chi connectivity index (χ1n) is 28.7. The molecule has 0 amide bonds. The standard InChI is InChI=1S/C69H100O12/c1-40-32-54(74-58(70)78-66(17,18)19)50(62(5,6)7)36-46(40)44(47-37-51(63(8,9)10)55(33-41(47)2)75-59(71)79-67(20,21)22)30-29-31-45(48-38-52(64(11,12)13)56(34-42(48)3)76-60(72)80-68(23,24)25)49-39-53(65(14,15)16)57(35-43(49)4)77-61(73)81-69(26,27)28/h32-39,44-45H,29-31H2,1-28H3. The van der Waals surface area contributed by atoms with Crippen molar-refractivity contribution in [3.63, 3.8) is 0 Å². The van der Waals surface area contributed by atoms with Crippen LogP contribution in [0.5, 0.6) is 23.0 Å². The van der Waals surface area contributed by atoms with Crippen LogP contribution in [0.2, 0.25) is 0 Å². The summed E-state index contributed by atoms with van der Waals surface area (Å²) in [6.45, 7) is 55.1. The minimum atomic E-state index is -0.780. The first-order valence-corrected chi connectivity index (χ1v) is 28.7. The van der Waals surface area contributed by atoms with Crippen molar-refractivity contribution in [3.05, 3.63) is 115 Å². The quantitative estimate of drug-likeness (QED) is 0.0757. The van der Waals surface area contributed by atoms with Gasteiger partial charge in [0.05, 0.1) is 0 Å². The molecule has 0 bridgehead atoms. The van der Waals surface area contributed by atoms with Crippen LogP contribution < -0.4 is 18.9 Å². The van der Waals surface area contributed by atoms with Gasteiger partial charge in [0.25, 0.3) is 0 Å². The van der Waals surface area contributed by atoms with E-state index < -0.39 is 68.7 Å². The summed E-state index contributed by atoms with van der Waals surface area (Å²) in [5.74, 6) is 1.28. The van der Waals surface area contributed by atoms with Crippen LogP contribution in [0.3, 0.4) is 0 Å². The van der Waals surface area contributed by atoms with E-state index in [0.29, 0.717) is 42.3 Å². The predicted molar refractivity (Wildman–Crippen MR) is 325 cm³/mol. The summed E-state index contributed by atoms with van der Waals surface area (Å²) in [4.78, 5) is 53.4. The van der Waals surface area contributed by atoms with E-state index in [4.69, 9.17) is 37.9 Å². The molecule has 0 aliphatic carbocycles. The Labute approximate surface area is 487 Å². The third kappa shape index (κ3) is 19.6. The van der Waals surface area contributed by atoms with Gasteiger partial charge in [-0.1, -0.05) is 114 Å². The van der Waals surface area contributed by atoms with Crippen molar-refractivity contribution in [2.24, 2.45) is 0 Å². The van der Waals surface area contributed by atoms with Gasteiger partial charge in [0.2, 0.25) is 0 Å². The molecule has 0 saturated carbocycles. The van der Waals surface area contributed by atoms with E-state index in [9.17, 15) is 19.2 Å². The summed E-state index contributed by atoms with van der Waals surface area (Å²) in [5.41, 5.74) is 6.39. The van der Waals surface area contributed by atoms with Gasteiger partial charge in [-0.15, -0.1) is 0 Å². The topological polar surface area (TPSA) is 142 Å². The van der Waals surface area contributed by atoms with Crippen LogP contribution in [-0.2, 0) is 40.6 Å². The van der Waals surface area contributed by atoms with Crippen molar-refractivity contribution in [2.45, 2.75) is 269 Å². The van der Waals surface area contributed by atoms with Crippen LogP contribution in [0, 0.1) is 27.7 Å². The van der Waals surface area contributed by atoms with Gasteiger partial charge < -0.3 is 37.9 Å². The highest BCUT2D eigenvalue weighted by molar-refractivity contribution is 5.69. The monoisotopic (exact) mass is 1120 g/mol. The summed E-state index contributed by atoms with van der Waals surface area (Å²) in [6, 6.07) is 16.5. The van der Waals surface area contributed by atoms with Crippen LogP contribution in [0.1, 0.15) is 264 Å². The van der Waals surface area contributed by atoms with Crippen molar-refractivity contribution in [3.8, 4) is 23.0 Å². The van der Waals surface area contributed by atoms with Crippen molar-refractivity contribution in [1.82, 2.24) is 0 Å². The highest BCUT2D eigenvalue weighted by Crippen LogP contribution is 2.47. The fourth-order valence-electron chi connectivity index (χ4n) is 9.90. The lowest BCUT2D eigenvalue weighted by molar-refractivity contribution is 0.0189. The van der Waals surface area contributed by atoms with E-state index in [0.717, 1.165) is 66.8 Å². The molecule has 0 N–H and O–H groups in total. The maximum absolute atomic E-state index is 13.3. The fraction of sp³-hybridized carbons (Fsp3) is 0.594. The second-order valence-electron chi connectivity index (χ2n) is 30.1. The Bertz CT molecular complexity index is 2540. The molecule has 0 unspecified atom stereocenters. The third-order valence-corrected chi connectivity index (χ3v) is 13.5. The molecule has 0 atom stereocenters. The van der Waals surface area contributed by atoms with Gasteiger partial charge in [-0.2, -0.15) is 0 Å². The molecular weight excluding hydrogens is 1020 g/mol.